The maximum Gasteiger partial charge on any atom is 0.270 e. The highest BCUT2D eigenvalue weighted by Gasteiger charge is 2.41. The molecule has 5 aliphatic rings. The number of hydrogen-bond donors (Lipinski definition) is 3. The molecular formula is C50H58N10O5. The van der Waals surface area contributed by atoms with Crippen molar-refractivity contribution in [3.05, 3.63) is 112 Å². The van der Waals surface area contributed by atoms with E-state index in [1.807, 2.05) is 30.5 Å². The molecule has 3 saturated heterocycles. The summed E-state index contributed by atoms with van der Waals surface area (Å²) in [5.74, 6) is 0.665. The van der Waals surface area contributed by atoms with Gasteiger partial charge in [0.1, 0.15) is 23.2 Å². The molecule has 4 amide bonds. The number of carbonyl (C=O) groups excluding carboxylic acids is 4. The Morgan fingerprint density at radius 1 is 0.846 bits per heavy atom. The van der Waals surface area contributed by atoms with E-state index in [0.717, 1.165) is 100.0 Å². The van der Waals surface area contributed by atoms with Crippen LogP contribution >= 0.6 is 0 Å². The molecule has 7 heterocycles. The summed E-state index contributed by atoms with van der Waals surface area (Å²) in [6, 6.07) is 20.2. The minimum atomic E-state index is -0.985. The first kappa shape index (κ1) is 42.9. The molecule has 1 saturated carbocycles. The smallest absolute Gasteiger partial charge is 0.270 e. The summed E-state index contributed by atoms with van der Waals surface area (Å²) in [5, 5.41) is 18.3. The van der Waals surface area contributed by atoms with Gasteiger partial charge in [-0.2, -0.15) is 4.98 Å². The van der Waals surface area contributed by atoms with Crippen molar-refractivity contribution in [1.29, 1.82) is 0 Å². The van der Waals surface area contributed by atoms with Crippen LogP contribution in [0, 0.1) is 0 Å². The monoisotopic (exact) mass is 878 g/mol. The van der Waals surface area contributed by atoms with Gasteiger partial charge >= 0.3 is 0 Å². The van der Waals surface area contributed by atoms with Gasteiger partial charge in [-0.1, -0.05) is 55.3 Å². The second-order valence-corrected chi connectivity index (χ2v) is 19.1. The Labute approximate surface area is 379 Å². The van der Waals surface area contributed by atoms with E-state index in [2.05, 4.69) is 60.3 Å². The van der Waals surface area contributed by atoms with Crippen LogP contribution in [0.15, 0.2) is 73.1 Å². The number of pyridine rings is 1. The van der Waals surface area contributed by atoms with Crippen LogP contribution in [0.5, 0.6) is 0 Å². The number of fused-ring (bicyclic) bond motifs is 2. The third-order valence-electron chi connectivity index (χ3n) is 14.6. The van der Waals surface area contributed by atoms with Crippen LogP contribution in [0.1, 0.15) is 125 Å². The first-order valence-corrected chi connectivity index (χ1v) is 23.3. The molecule has 0 spiro atoms. The molecule has 3 N–H and O–H groups in total. The Bertz CT molecular complexity index is 2610. The third kappa shape index (κ3) is 8.76. The van der Waals surface area contributed by atoms with Crippen LogP contribution in [0.4, 0.5) is 11.8 Å². The average molecular weight is 879 g/mol. The molecule has 0 radical (unpaired) electrons. The maximum atomic E-state index is 13.2. The van der Waals surface area contributed by atoms with Crippen molar-refractivity contribution in [2.45, 2.75) is 107 Å². The zero-order valence-corrected chi connectivity index (χ0v) is 37.3. The quantitative estimate of drug-likeness (QED) is 0.133. The summed E-state index contributed by atoms with van der Waals surface area (Å²) < 4.78 is 2.13. The predicted octanol–water partition coefficient (Wildman–Crippen LogP) is 6.01. The number of amides is 4. The predicted molar refractivity (Wildman–Crippen MR) is 245 cm³/mol. The lowest BCUT2D eigenvalue weighted by atomic mass is 9.83. The minimum absolute atomic E-state index is 0.0227. The number of likely N-dealkylation sites (tertiary alicyclic amines) is 2. The highest BCUT2D eigenvalue weighted by molar-refractivity contribution is 6.05. The Morgan fingerprint density at radius 2 is 1.55 bits per heavy atom. The fourth-order valence-electron chi connectivity index (χ4n) is 10.8. The van der Waals surface area contributed by atoms with Crippen molar-refractivity contribution >= 4 is 46.4 Å². The van der Waals surface area contributed by atoms with Crippen molar-refractivity contribution in [2.24, 2.45) is 0 Å². The molecule has 1 aliphatic carbocycles. The van der Waals surface area contributed by atoms with E-state index < -0.39 is 17.6 Å². The summed E-state index contributed by atoms with van der Waals surface area (Å²) in [6.45, 7) is 5.59. The molecule has 5 aromatic rings. The van der Waals surface area contributed by atoms with E-state index in [0.29, 0.717) is 54.7 Å². The van der Waals surface area contributed by atoms with Gasteiger partial charge in [0, 0.05) is 82.6 Å². The zero-order chi connectivity index (χ0) is 44.8. The first-order chi connectivity index (χ1) is 31.5. The van der Waals surface area contributed by atoms with Gasteiger partial charge in [0.25, 0.3) is 11.8 Å². The average Bonchev–Trinajstić information content (AvgIpc) is 4.06. The van der Waals surface area contributed by atoms with E-state index in [9.17, 15) is 24.3 Å². The number of aliphatic hydroxyl groups is 1. The number of rotatable bonds is 11. The molecule has 4 aliphatic heterocycles. The lowest BCUT2D eigenvalue weighted by molar-refractivity contribution is -0.136. The van der Waals surface area contributed by atoms with E-state index in [4.69, 9.17) is 9.97 Å². The lowest BCUT2D eigenvalue weighted by Crippen LogP contribution is -2.52. The highest BCUT2D eigenvalue weighted by Crippen LogP contribution is 2.38. The topological polar surface area (TPSA) is 169 Å². The largest absolute Gasteiger partial charge is 0.385 e. The number of benzene rings is 2. The number of aromatic nitrogens is 4. The van der Waals surface area contributed by atoms with Crippen molar-refractivity contribution in [3.63, 3.8) is 0 Å². The highest BCUT2D eigenvalue weighted by atomic mass is 16.3. The fourth-order valence-corrected chi connectivity index (χ4v) is 10.8. The number of imide groups is 1. The van der Waals surface area contributed by atoms with Crippen LogP contribution < -0.4 is 10.6 Å². The number of piperidine rings is 3. The van der Waals surface area contributed by atoms with E-state index in [-0.39, 0.29) is 30.2 Å². The number of nitrogens with one attached hydrogen (secondary N) is 2. The second kappa shape index (κ2) is 17.7. The van der Waals surface area contributed by atoms with Gasteiger partial charge in [-0.3, -0.25) is 34.3 Å². The zero-order valence-electron chi connectivity index (χ0n) is 37.3. The van der Waals surface area contributed by atoms with Gasteiger partial charge in [0.05, 0.1) is 5.60 Å². The maximum absolute atomic E-state index is 13.2. The normalized spacial score (nSPS) is 20.9. The third-order valence-corrected chi connectivity index (χ3v) is 14.6. The Kier molecular flexibility index (Phi) is 11.7. The van der Waals surface area contributed by atoms with Crippen LogP contribution in [0.25, 0.3) is 11.0 Å². The Hall–Kier alpha value is -6.03. The Morgan fingerprint density at radius 3 is 2.22 bits per heavy atom. The molecule has 4 fully saturated rings. The van der Waals surface area contributed by atoms with E-state index in [1.165, 1.54) is 16.7 Å². The summed E-state index contributed by atoms with van der Waals surface area (Å²) in [6.07, 6.45) is 12.0. The second-order valence-electron chi connectivity index (χ2n) is 19.1. The van der Waals surface area contributed by atoms with Gasteiger partial charge in [0.15, 0.2) is 0 Å². The van der Waals surface area contributed by atoms with Gasteiger partial charge in [-0.05, 0) is 110 Å². The van der Waals surface area contributed by atoms with Crippen molar-refractivity contribution in [2.75, 3.05) is 45.6 Å². The lowest BCUT2D eigenvalue weighted by Gasteiger charge is -2.38. The van der Waals surface area contributed by atoms with Crippen LogP contribution in [0.2, 0.25) is 0 Å². The van der Waals surface area contributed by atoms with Gasteiger partial charge < -0.3 is 24.8 Å². The van der Waals surface area contributed by atoms with Crippen molar-refractivity contribution in [3.8, 4) is 0 Å². The molecule has 15 heteroatoms. The van der Waals surface area contributed by atoms with E-state index >= 15 is 0 Å². The van der Waals surface area contributed by atoms with Crippen molar-refractivity contribution < 1.29 is 24.3 Å². The van der Waals surface area contributed by atoms with Crippen LogP contribution in [0.3, 0.4) is 0 Å². The number of anilines is 2. The molecule has 10 rings (SSSR count). The van der Waals surface area contributed by atoms with Gasteiger partial charge in [-0.15, -0.1) is 0 Å². The molecule has 15 nitrogen and oxygen atoms in total. The van der Waals surface area contributed by atoms with Crippen LogP contribution in [-0.2, 0) is 34.8 Å². The molecule has 2 aromatic carbocycles. The number of nitrogens with zero attached hydrogens (tertiary/aromatic N) is 8. The first-order valence-electron chi connectivity index (χ1n) is 23.3. The molecule has 1 atom stereocenters. The number of hydrogen-bond acceptors (Lipinski definition) is 11. The van der Waals surface area contributed by atoms with Gasteiger partial charge in [0.2, 0.25) is 17.8 Å². The minimum Gasteiger partial charge on any atom is -0.385 e. The fraction of sp³-hybridized carbons (Fsp3) is 0.460. The molecule has 3 aromatic heterocycles. The molecular weight excluding hydrogens is 821 g/mol. The summed E-state index contributed by atoms with van der Waals surface area (Å²) in [5.41, 5.74) is 6.45. The number of carbonyl (C=O) groups is 4. The Balaban J connectivity index is 0.685. The van der Waals surface area contributed by atoms with E-state index in [1.54, 1.807) is 36.2 Å². The summed E-state index contributed by atoms with van der Waals surface area (Å²) >= 11 is 0. The summed E-state index contributed by atoms with van der Waals surface area (Å²) in [7, 11) is 3.57. The molecule has 338 valence electrons. The molecule has 1 unspecified atom stereocenters. The van der Waals surface area contributed by atoms with Crippen LogP contribution in [-0.4, -0.2) is 114 Å². The van der Waals surface area contributed by atoms with Crippen molar-refractivity contribution in [1.82, 2.24) is 44.4 Å². The summed E-state index contributed by atoms with van der Waals surface area (Å²) in [4.78, 5) is 72.8. The molecule has 0 bridgehead atoms. The standard InChI is InChI=1S/C50H58N10O5/c1-56(2)48(64)42-26-36-28-52-49(55-45(36)60(42)39-5-3-4-6-39)53-43-15-11-35(27-51-43)34-17-21-57(22-18-34)29-32-7-9-33(10-8-32)30-58-23-19-50(65,20-24-58)38-12-13-40-37(25-38)31-59(47(40)63)41-14-16-44(61)54-46(41)62/h7-13,15,25-28,34,39,41,65H,3-6,14,16-24,29-31H2,1-2H3,(H,54,61,62)(H,51,52,53,55). The van der Waals surface area contributed by atoms with Gasteiger partial charge in [-0.25, -0.2) is 9.97 Å². The SMILES string of the molecule is CN(C)C(=O)c1cc2cnc(Nc3ccc(C4CCN(Cc5ccc(CN6CCC(O)(c7ccc8c(c7)CN(C7CCC(=O)NC7=O)C8=O)CC6)cc5)CC4)cn3)nc2n1C1CCCC1. The molecule has 65 heavy (non-hydrogen) atoms.